The molecule has 0 fully saturated rings. The lowest BCUT2D eigenvalue weighted by Crippen LogP contribution is -2.13. The van der Waals surface area contributed by atoms with Gasteiger partial charge in [-0.25, -0.2) is 0 Å². The van der Waals surface area contributed by atoms with Gasteiger partial charge in [0, 0.05) is 10.7 Å². The molecule has 2 aromatic rings. The Morgan fingerprint density at radius 3 is 2.57 bits per heavy atom. The minimum atomic E-state index is 0.343. The predicted molar refractivity (Wildman–Crippen MR) is 91.2 cm³/mol. The maximum Gasteiger partial charge on any atom is 0.0511 e. The number of hydrogen-bond acceptors (Lipinski definition) is 1. The van der Waals surface area contributed by atoms with E-state index in [1.165, 1.54) is 48.1 Å². The number of fused-ring (bicyclic) bond motifs is 1. The van der Waals surface area contributed by atoms with Gasteiger partial charge in [-0.2, -0.15) is 0 Å². The van der Waals surface area contributed by atoms with Crippen molar-refractivity contribution in [2.45, 2.75) is 45.1 Å². The van der Waals surface area contributed by atoms with Crippen LogP contribution < -0.4 is 5.32 Å². The number of benzene rings is 2. The highest BCUT2D eigenvalue weighted by Gasteiger charge is 2.15. The fourth-order valence-corrected chi connectivity index (χ4v) is 3.35. The summed E-state index contributed by atoms with van der Waals surface area (Å²) in [6, 6.07) is 15.2. The fourth-order valence-electron chi connectivity index (χ4n) is 3.22. The van der Waals surface area contributed by atoms with Crippen molar-refractivity contribution in [1.82, 2.24) is 0 Å². The quantitative estimate of drug-likeness (QED) is 0.754. The molecule has 110 valence electrons. The van der Waals surface area contributed by atoms with Gasteiger partial charge in [0.05, 0.1) is 6.04 Å². The average Bonchev–Trinajstić information content (AvgIpc) is 2.54. The topological polar surface area (TPSA) is 12.0 Å². The molecule has 0 amide bonds. The highest BCUT2D eigenvalue weighted by atomic mass is 35.5. The third-order valence-electron chi connectivity index (χ3n) is 4.41. The largest absolute Gasteiger partial charge is 0.378 e. The van der Waals surface area contributed by atoms with Crippen LogP contribution in [0, 0.1) is 0 Å². The average molecular weight is 300 g/mol. The van der Waals surface area contributed by atoms with Crippen molar-refractivity contribution in [2.75, 3.05) is 5.32 Å². The highest BCUT2D eigenvalue weighted by molar-refractivity contribution is 6.30. The third-order valence-corrected chi connectivity index (χ3v) is 4.66. The van der Waals surface area contributed by atoms with Crippen LogP contribution >= 0.6 is 11.6 Å². The third kappa shape index (κ3) is 3.24. The Morgan fingerprint density at radius 1 is 1.05 bits per heavy atom. The SMILES string of the molecule is CCC(Nc1cccc2c1CCCC2)c1ccc(Cl)cc1. The Morgan fingerprint density at radius 2 is 1.81 bits per heavy atom. The van der Waals surface area contributed by atoms with Gasteiger partial charge in [0.25, 0.3) is 0 Å². The van der Waals surface area contributed by atoms with E-state index in [-0.39, 0.29) is 0 Å². The second-order valence-electron chi connectivity index (χ2n) is 5.81. The van der Waals surface area contributed by atoms with Crippen molar-refractivity contribution in [3.63, 3.8) is 0 Å². The van der Waals surface area contributed by atoms with E-state index in [1.54, 1.807) is 0 Å². The molecule has 1 aliphatic rings. The number of nitrogens with one attached hydrogen (secondary N) is 1. The first-order valence-corrected chi connectivity index (χ1v) is 8.28. The van der Waals surface area contributed by atoms with Crippen LogP contribution in [0.3, 0.4) is 0 Å². The smallest absolute Gasteiger partial charge is 0.0511 e. The molecule has 0 aromatic heterocycles. The molecule has 0 aliphatic heterocycles. The standard InChI is InChI=1S/C19H22ClN/c1-2-18(15-10-12-16(20)13-11-15)21-19-9-5-7-14-6-3-4-8-17(14)19/h5,7,9-13,18,21H,2-4,6,8H2,1H3. The molecular formula is C19H22ClN. The van der Waals surface area contributed by atoms with Crippen LogP contribution in [0.4, 0.5) is 5.69 Å². The van der Waals surface area contributed by atoms with E-state index in [0.717, 1.165) is 11.4 Å². The maximum absolute atomic E-state index is 5.99. The first-order valence-electron chi connectivity index (χ1n) is 7.90. The predicted octanol–water partition coefficient (Wildman–Crippen LogP) is 5.78. The lowest BCUT2D eigenvalue weighted by molar-refractivity contribution is 0.681. The molecule has 1 N–H and O–H groups in total. The number of aryl methyl sites for hydroxylation is 1. The van der Waals surface area contributed by atoms with Gasteiger partial charge in [-0.05, 0) is 67.0 Å². The van der Waals surface area contributed by atoms with Crippen LogP contribution in [0.5, 0.6) is 0 Å². The normalized spacial score (nSPS) is 15.3. The minimum absolute atomic E-state index is 0.343. The zero-order chi connectivity index (χ0) is 14.7. The van der Waals surface area contributed by atoms with E-state index >= 15 is 0 Å². The van der Waals surface area contributed by atoms with Crippen molar-refractivity contribution in [3.05, 3.63) is 64.2 Å². The molecule has 1 atom stereocenters. The molecule has 0 spiro atoms. The van der Waals surface area contributed by atoms with Crippen LogP contribution in [0.2, 0.25) is 5.02 Å². The monoisotopic (exact) mass is 299 g/mol. The summed E-state index contributed by atoms with van der Waals surface area (Å²) in [5, 5.41) is 4.55. The lowest BCUT2D eigenvalue weighted by Gasteiger charge is -2.24. The van der Waals surface area contributed by atoms with Crippen LogP contribution in [0.1, 0.15) is 48.9 Å². The van der Waals surface area contributed by atoms with Crippen molar-refractivity contribution in [2.24, 2.45) is 0 Å². The van der Waals surface area contributed by atoms with Gasteiger partial charge in [0.2, 0.25) is 0 Å². The molecule has 0 bridgehead atoms. The van der Waals surface area contributed by atoms with Crippen LogP contribution in [0.15, 0.2) is 42.5 Å². The van der Waals surface area contributed by atoms with Crippen LogP contribution in [-0.4, -0.2) is 0 Å². The van der Waals surface area contributed by atoms with Crippen LogP contribution in [-0.2, 0) is 12.8 Å². The Kier molecular flexibility index (Phi) is 4.50. The molecule has 0 saturated heterocycles. The summed E-state index contributed by atoms with van der Waals surface area (Å²) >= 11 is 5.99. The molecule has 0 radical (unpaired) electrons. The molecular weight excluding hydrogens is 278 g/mol. The Bertz CT molecular complexity index is 603. The first kappa shape index (κ1) is 14.5. The number of anilines is 1. The Hall–Kier alpha value is -1.47. The van der Waals surface area contributed by atoms with Crippen LogP contribution in [0.25, 0.3) is 0 Å². The summed E-state index contributed by atoms with van der Waals surface area (Å²) in [7, 11) is 0. The molecule has 1 nitrogen and oxygen atoms in total. The van der Waals surface area contributed by atoms with Gasteiger partial charge in [0.1, 0.15) is 0 Å². The lowest BCUT2D eigenvalue weighted by atomic mass is 9.90. The minimum Gasteiger partial charge on any atom is -0.378 e. The summed E-state index contributed by atoms with van der Waals surface area (Å²) in [4.78, 5) is 0. The van der Waals surface area contributed by atoms with Gasteiger partial charge in [0.15, 0.2) is 0 Å². The molecule has 21 heavy (non-hydrogen) atoms. The van der Waals surface area contributed by atoms with Gasteiger partial charge in [-0.3, -0.25) is 0 Å². The zero-order valence-corrected chi connectivity index (χ0v) is 13.3. The van der Waals surface area contributed by atoms with E-state index < -0.39 is 0 Å². The fraction of sp³-hybridized carbons (Fsp3) is 0.368. The molecule has 0 heterocycles. The summed E-state index contributed by atoms with van der Waals surface area (Å²) in [5.74, 6) is 0. The zero-order valence-electron chi connectivity index (χ0n) is 12.5. The molecule has 0 saturated carbocycles. The van der Waals surface area contributed by atoms with Crippen molar-refractivity contribution in [1.29, 1.82) is 0 Å². The molecule has 1 unspecified atom stereocenters. The van der Waals surface area contributed by atoms with E-state index in [0.29, 0.717) is 6.04 Å². The van der Waals surface area contributed by atoms with E-state index in [9.17, 15) is 0 Å². The molecule has 2 heteroatoms. The second-order valence-corrected chi connectivity index (χ2v) is 6.24. The van der Waals surface area contributed by atoms with Gasteiger partial charge < -0.3 is 5.32 Å². The highest BCUT2D eigenvalue weighted by Crippen LogP contribution is 2.31. The van der Waals surface area contributed by atoms with Crippen molar-refractivity contribution < 1.29 is 0 Å². The van der Waals surface area contributed by atoms with Crippen molar-refractivity contribution >= 4 is 17.3 Å². The summed E-state index contributed by atoms with van der Waals surface area (Å²) in [6.45, 7) is 2.22. The Labute approximate surface area is 132 Å². The second kappa shape index (κ2) is 6.53. The first-order chi connectivity index (χ1) is 10.3. The summed E-state index contributed by atoms with van der Waals surface area (Å²) < 4.78 is 0. The van der Waals surface area contributed by atoms with E-state index in [2.05, 4.69) is 42.6 Å². The molecule has 3 rings (SSSR count). The summed E-state index contributed by atoms with van der Waals surface area (Å²) in [6.07, 6.45) is 6.12. The Balaban J connectivity index is 1.86. The molecule has 2 aromatic carbocycles. The number of halogens is 1. The molecule has 1 aliphatic carbocycles. The van der Waals surface area contributed by atoms with Crippen molar-refractivity contribution in [3.8, 4) is 0 Å². The summed E-state index contributed by atoms with van der Waals surface area (Å²) in [5.41, 5.74) is 5.66. The van der Waals surface area contributed by atoms with Gasteiger partial charge in [-0.1, -0.05) is 42.8 Å². The number of hydrogen-bond donors (Lipinski definition) is 1. The maximum atomic E-state index is 5.99. The van der Waals surface area contributed by atoms with Gasteiger partial charge in [-0.15, -0.1) is 0 Å². The van der Waals surface area contributed by atoms with E-state index in [4.69, 9.17) is 11.6 Å². The number of rotatable bonds is 4. The van der Waals surface area contributed by atoms with Gasteiger partial charge >= 0.3 is 0 Å². The van der Waals surface area contributed by atoms with E-state index in [1.807, 2.05) is 12.1 Å².